The second-order valence-electron chi connectivity index (χ2n) is 7.33. The first-order valence-electron chi connectivity index (χ1n) is 9.80. The van der Waals surface area contributed by atoms with Crippen molar-refractivity contribution in [3.05, 3.63) is 76.0 Å². The lowest BCUT2D eigenvalue weighted by atomic mass is 10.1. The van der Waals surface area contributed by atoms with Crippen molar-refractivity contribution in [3.8, 4) is 5.69 Å². The van der Waals surface area contributed by atoms with Gasteiger partial charge in [0.1, 0.15) is 11.3 Å². The predicted molar refractivity (Wildman–Crippen MR) is 120 cm³/mol. The average Bonchev–Trinajstić information content (AvgIpc) is 3.15. The van der Waals surface area contributed by atoms with Gasteiger partial charge in [0, 0.05) is 0 Å². The van der Waals surface area contributed by atoms with Crippen LogP contribution in [0.3, 0.4) is 0 Å². The number of aromatic nitrogens is 6. The molecule has 0 amide bonds. The van der Waals surface area contributed by atoms with Gasteiger partial charge >= 0.3 is 0 Å². The largest absolute Gasteiger partial charge is 0.368 e. The predicted octanol–water partition coefficient (Wildman–Crippen LogP) is 2.86. The van der Waals surface area contributed by atoms with E-state index < -0.39 is 0 Å². The number of imidazole rings is 1. The van der Waals surface area contributed by atoms with E-state index in [2.05, 4.69) is 25.3 Å². The van der Waals surface area contributed by atoms with Gasteiger partial charge < -0.3 is 16.0 Å². The first-order valence-corrected chi connectivity index (χ1v) is 9.80. The number of anilines is 2. The number of nitrogens with zero attached hydrogens (tertiary/aromatic N) is 5. The van der Waals surface area contributed by atoms with E-state index in [1.165, 1.54) is 0 Å². The van der Waals surface area contributed by atoms with Gasteiger partial charge in [-0.05, 0) is 37.1 Å². The summed E-state index contributed by atoms with van der Waals surface area (Å²) in [6, 6.07) is 13.4. The number of H-pyrrole nitrogens is 1. The molecule has 0 aliphatic carbocycles. The van der Waals surface area contributed by atoms with Gasteiger partial charge in [-0.2, -0.15) is 9.97 Å². The molecule has 0 fully saturated rings. The number of nitrogen functional groups attached to an aromatic ring is 1. The van der Waals surface area contributed by atoms with E-state index in [0.29, 0.717) is 33.8 Å². The van der Waals surface area contributed by atoms with Crippen molar-refractivity contribution in [1.29, 1.82) is 0 Å². The van der Waals surface area contributed by atoms with E-state index in [1.807, 2.05) is 56.3 Å². The molecular formula is C22H20N8O. The normalized spacial score (nSPS) is 11.3. The number of nitrogens with two attached hydrogens (primary N) is 1. The maximum Gasteiger partial charge on any atom is 0.266 e. The minimum absolute atomic E-state index is 0.0996. The van der Waals surface area contributed by atoms with Gasteiger partial charge in [0.2, 0.25) is 11.9 Å². The van der Waals surface area contributed by atoms with E-state index in [9.17, 15) is 4.79 Å². The van der Waals surface area contributed by atoms with E-state index in [1.54, 1.807) is 10.8 Å². The van der Waals surface area contributed by atoms with Crippen LogP contribution in [0.25, 0.3) is 27.8 Å². The monoisotopic (exact) mass is 412 g/mol. The van der Waals surface area contributed by atoms with Crippen LogP contribution in [0.2, 0.25) is 0 Å². The maximum atomic E-state index is 13.6. The standard InChI is InChI=1S/C22H20N8O/c1-12-6-3-4-9-16(12)30-17(26-14-8-5-7-13(2)18(14)20(30)31)11-25-22-27-15-10-24-21(23)28-19(15)29-22/h3-10H,11H2,1-2H3,(H4,23,24,25,27,28,29). The van der Waals surface area contributed by atoms with Crippen LogP contribution in [0, 0.1) is 13.8 Å². The zero-order valence-electron chi connectivity index (χ0n) is 17.0. The number of aryl methyl sites for hydroxylation is 2. The van der Waals surface area contributed by atoms with E-state index in [4.69, 9.17) is 10.7 Å². The molecule has 0 spiro atoms. The van der Waals surface area contributed by atoms with E-state index >= 15 is 0 Å². The smallest absolute Gasteiger partial charge is 0.266 e. The zero-order chi connectivity index (χ0) is 21.5. The summed E-state index contributed by atoms with van der Waals surface area (Å²) in [6.07, 6.45) is 1.58. The Morgan fingerprint density at radius 3 is 2.68 bits per heavy atom. The van der Waals surface area contributed by atoms with Crippen molar-refractivity contribution < 1.29 is 0 Å². The molecule has 0 saturated carbocycles. The van der Waals surface area contributed by atoms with Crippen LogP contribution in [-0.4, -0.2) is 29.5 Å². The summed E-state index contributed by atoms with van der Waals surface area (Å²) >= 11 is 0. The Hall–Kier alpha value is -4.27. The first-order chi connectivity index (χ1) is 15.0. The van der Waals surface area contributed by atoms with Crippen LogP contribution in [0.5, 0.6) is 0 Å². The van der Waals surface area contributed by atoms with Crippen molar-refractivity contribution in [2.75, 3.05) is 11.1 Å². The Labute approximate surface area is 177 Å². The molecule has 0 unspecified atom stereocenters. The molecule has 31 heavy (non-hydrogen) atoms. The second-order valence-corrected chi connectivity index (χ2v) is 7.33. The average molecular weight is 412 g/mol. The molecule has 4 N–H and O–H groups in total. The Morgan fingerprint density at radius 1 is 1.03 bits per heavy atom. The molecule has 0 atom stereocenters. The number of rotatable bonds is 4. The molecule has 3 heterocycles. The maximum absolute atomic E-state index is 13.6. The van der Waals surface area contributed by atoms with Gasteiger partial charge in [-0.15, -0.1) is 0 Å². The summed E-state index contributed by atoms with van der Waals surface area (Å²) in [4.78, 5) is 33.9. The molecule has 0 radical (unpaired) electrons. The number of hydrogen-bond acceptors (Lipinski definition) is 7. The number of fused-ring (bicyclic) bond motifs is 2. The van der Waals surface area contributed by atoms with Gasteiger partial charge in [0.25, 0.3) is 5.56 Å². The van der Waals surface area contributed by atoms with Gasteiger partial charge in [-0.3, -0.25) is 9.36 Å². The molecule has 3 aromatic heterocycles. The summed E-state index contributed by atoms with van der Waals surface area (Å²) in [5.74, 6) is 1.22. The van der Waals surface area contributed by atoms with Crippen molar-refractivity contribution in [1.82, 2.24) is 29.5 Å². The van der Waals surface area contributed by atoms with Crippen LogP contribution >= 0.6 is 0 Å². The second kappa shape index (κ2) is 7.21. The summed E-state index contributed by atoms with van der Waals surface area (Å²) in [5, 5.41) is 3.82. The molecule has 0 aliphatic rings. The fourth-order valence-electron chi connectivity index (χ4n) is 3.69. The van der Waals surface area contributed by atoms with Gasteiger partial charge in [-0.1, -0.05) is 30.3 Å². The van der Waals surface area contributed by atoms with Crippen molar-refractivity contribution in [3.63, 3.8) is 0 Å². The summed E-state index contributed by atoms with van der Waals surface area (Å²) in [6.45, 7) is 4.17. The number of para-hydroxylation sites is 1. The molecule has 9 heteroatoms. The molecule has 154 valence electrons. The zero-order valence-corrected chi connectivity index (χ0v) is 17.0. The number of hydrogen-bond donors (Lipinski definition) is 3. The van der Waals surface area contributed by atoms with Gasteiger partial charge in [0.15, 0.2) is 5.65 Å². The fraction of sp³-hybridized carbons (Fsp3) is 0.136. The Morgan fingerprint density at radius 2 is 1.84 bits per heavy atom. The van der Waals surface area contributed by atoms with Crippen LogP contribution in [0.15, 0.2) is 53.5 Å². The SMILES string of the molecule is Cc1ccccc1-n1c(CNc2nc3nc(N)ncc3[nH]2)nc2cccc(C)c2c1=O. The highest BCUT2D eigenvalue weighted by molar-refractivity contribution is 5.81. The third-order valence-electron chi connectivity index (χ3n) is 5.20. The fourth-order valence-corrected chi connectivity index (χ4v) is 3.69. The van der Waals surface area contributed by atoms with Crippen LogP contribution in [-0.2, 0) is 6.54 Å². The highest BCUT2D eigenvalue weighted by Crippen LogP contribution is 2.19. The lowest BCUT2D eigenvalue weighted by Crippen LogP contribution is -2.26. The van der Waals surface area contributed by atoms with E-state index in [-0.39, 0.29) is 18.1 Å². The Balaban J connectivity index is 1.63. The number of benzene rings is 2. The number of nitrogens with one attached hydrogen (secondary N) is 2. The molecule has 0 bridgehead atoms. The molecule has 5 rings (SSSR count). The summed E-state index contributed by atoms with van der Waals surface area (Å²) in [5.41, 5.74) is 10.00. The molecule has 2 aromatic carbocycles. The minimum Gasteiger partial charge on any atom is -0.368 e. The first kappa shape index (κ1) is 18.7. The Bertz CT molecular complexity index is 1500. The summed E-state index contributed by atoms with van der Waals surface area (Å²) in [7, 11) is 0. The molecule has 5 aromatic rings. The minimum atomic E-state index is -0.0996. The molecular weight excluding hydrogens is 392 g/mol. The lowest BCUT2D eigenvalue weighted by Gasteiger charge is -2.16. The summed E-state index contributed by atoms with van der Waals surface area (Å²) < 4.78 is 1.66. The van der Waals surface area contributed by atoms with Crippen molar-refractivity contribution >= 4 is 34.0 Å². The van der Waals surface area contributed by atoms with Crippen molar-refractivity contribution in [2.24, 2.45) is 0 Å². The van der Waals surface area contributed by atoms with Crippen LogP contribution in [0.4, 0.5) is 11.9 Å². The topological polar surface area (TPSA) is 127 Å². The van der Waals surface area contributed by atoms with Crippen molar-refractivity contribution in [2.45, 2.75) is 20.4 Å². The molecule has 9 nitrogen and oxygen atoms in total. The molecule has 0 aliphatic heterocycles. The lowest BCUT2D eigenvalue weighted by molar-refractivity contribution is 0.829. The van der Waals surface area contributed by atoms with E-state index in [0.717, 1.165) is 16.8 Å². The number of aromatic amines is 1. The quantitative estimate of drug-likeness (QED) is 0.414. The van der Waals surface area contributed by atoms with Crippen LogP contribution in [0.1, 0.15) is 17.0 Å². The highest BCUT2D eigenvalue weighted by atomic mass is 16.1. The highest BCUT2D eigenvalue weighted by Gasteiger charge is 2.16. The third kappa shape index (κ3) is 3.25. The van der Waals surface area contributed by atoms with Crippen LogP contribution < -0.4 is 16.6 Å². The van der Waals surface area contributed by atoms with Gasteiger partial charge in [0.05, 0.1) is 29.3 Å². The molecule has 0 saturated heterocycles. The van der Waals surface area contributed by atoms with Gasteiger partial charge in [-0.25, -0.2) is 9.97 Å². The third-order valence-corrected chi connectivity index (χ3v) is 5.20. The Kier molecular flexibility index (Phi) is 4.36.